The van der Waals surface area contributed by atoms with Crippen molar-refractivity contribution in [1.29, 1.82) is 0 Å². The molecule has 2 amide bonds. The summed E-state index contributed by atoms with van der Waals surface area (Å²) in [6, 6.07) is 16.9. The number of ether oxygens (including phenoxy) is 1. The van der Waals surface area contributed by atoms with Crippen LogP contribution in [0, 0.1) is 5.92 Å². The molecule has 0 aromatic heterocycles. The Bertz CT molecular complexity index is 770. The van der Waals surface area contributed by atoms with Crippen LogP contribution in [0.4, 0.5) is 5.69 Å². The molecule has 1 aliphatic rings. The molecule has 1 unspecified atom stereocenters. The molecule has 0 heterocycles. The third-order valence-electron chi connectivity index (χ3n) is 4.81. The molecule has 5 nitrogen and oxygen atoms in total. The molecule has 5 heteroatoms. The average Bonchev–Trinajstić information content (AvgIpc) is 3.22. The lowest BCUT2D eigenvalue weighted by Gasteiger charge is -2.15. The van der Waals surface area contributed by atoms with Crippen molar-refractivity contribution in [3.8, 4) is 5.75 Å². The SMILES string of the molecule is CC(Oc1ccccc1)C(=O)NCc1cccc(NC(=O)C2CCCC2)c1. The normalized spacial score (nSPS) is 15.1. The predicted molar refractivity (Wildman–Crippen MR) is 105 cm³/mol. The molecule has 0 spiro atoms. The van der Waals surface area contributed by atoms with Crippen molar-refractivity contribution in [3.05, 3.63) is 60.2 Å². The van der Waals surface area contributed by atoms with Crippen LogP contribution in [0.25, 0.3) is 0 Å². The number of rotatable bonds is 7. The van der Waals surface area contributed by atoms with Crippen molar-refractivity contribution in [2.45, 2.75) is 45.3 Å². The Kier molecular flexibility index (Phi) is 6.47. The van der Waals surface area contributed by atoms with E-state index in [1.165, 1.54) is 0 Å². The lowest BCUT2D eigenvalue weighted by atomic mass is 10.1. The molecule has 3 rings (SSSR count). The van der Waals surface area contributed by atoms with Crippen molar-refractivity contribution in [3.63, 3.8) is 0 Å². The van der Waals surface area contributed by atoms with Gasteiger partial charge in [0.15, 0.2) is 6.10 Å². The van der Waals surface area contributed by atoms with Crippen LogP contribution in [-0.2, 0) is 16.1 Å². The molecule has 27 heavy (non-hydrogen) atoms. The summed E-state index contributed by atoms with van der Waals surface area (Å²) in [5.41, 5.74) is 1.70. The largest absolute Gasteiger partial charge is 0.481 e. The fraction of sp³-hybridized carbons (Fsp3) is 0.364. The number of benzene rings is 2. The molecule has 1 atom stereocenters. The molecule has 0 bridgehead atoms. The summed E-state index contributed by atoms with van der Waals surface area (Å²) in [7, 11) is 0. The van der Waals surface area contributed by atoms with E-state index in [-0.39, 0.29) is 17.7 Å². The minimum atomic E-state index is -0.586. The molecule has 1 fully saturated rings. The van der Waals surface area contributed by atoms with Gasteiger partial charge in [0.25, 0.3) is 5.91 Å². The van der Waals surface area contributed by atoms with Crippen LogP contribution >= 0.6 is 0 Å². The smallest absolute Gasteiger partial charge is 0.261 e. The highest BCUT2D eigenvalue weighted by atomic mass is 16.5. The minimum absolute atomic E-state index is 0.0959. The zero-order chi connectivity index (χ0) is 19.1. The maximum atomic E-state index is 12.3. The maximum Gasteiger partial charge on any atom is 0.261 e. The van der Waals surface area contributed by atoms with Crippen LogP contribution in [0.15, 0.2) is 54.6 Å². The molecule has 142 valence electrons. The Morgan fingerprint density at radius 1 is 1.07 bits per heavy atom. The lowest BCUT2D eigenvalue weighted by molar-refractivity contribution is -0.127. The third kappa shape index (κ3) is 5.58. The number of para-hydroxylation sites is 1. The highest BCUT2D eigenvalue weighted by Gasteiger charge is 2.22. The van der Waals surface area contributed by atoms with Crippen molar-refractivity contribution in [1.82, 2.24) is 5.32 Å². The fourth-order valence-corrected chi connectivity index (χ4v) is 3.28. The first-order valence-electron chi connectivity index (χ1n) is 9.51. The van der Waals surface area contributed by atoms with E-state index in [0.717, 1.165) is 36.9 Å². The highest BCUT2D eigenvalue weighted by Crippen LogP contribution is 2.26. The van der Waals surface area contributed by atoms with E-state index in [1.54, 1.807) is 6.92 Å². The van der Waals surface area contributed by atoms with Crippen LogP contribution in [-0.4, -0.2) is 17.9 Å². The number of carbonyl (C=O) groups is 2. The predicted octanol–water partition coefficient (Wildman–Crippen LogP) is 3.90. The summed E-state index contributed by atoms with van der Waals surface area (Å²) in [5.74, 6) is 0.707. The topological polar surface area (TPSA) is 67.4 Å². The summed E-state index contributed by atoms with van der Waals surface area (Å²) >= 11 is 0. The van der Waals surface area contributed by atoms with Gasteiger partial charge in [-0.15, -0.1) is 0 Å². The maximum absolute atomic E-state index is 12.3. The van der Waals surface area contributed by atoms with Crippen LogP contribution in [0.3, 0.4) is 0 Å². The van der Waals surface area contributed by atoms with Gasteiger partial charge in [-0.25, -0.2) is 0 Å². The zero-order valence-corrected chi connectivity index (χ0v) is 15.6. The standard InChI is InChI=1S/C22H26N2O3/c1-16(27-20-12-3-2-4-13-20)21(25)23-15-17-8-7-11-19(14-17)24-22(26)18-9-5-6-10-18/h2-4,7-8,11-14,16,18H,5-6,9-10,15H2,1H3,(H,23,25)(H,24,26). The number of anilines is 1. The van der Waals surface area contributed by atoms with E-state index in [9.17, 15) is 9.59 Å². The molecule has 1 saturated carbocycles. The second kappa shape index (κ2) is 9.21. The van der Waals surface area contributed by atoms with Gasteiger partial charge in [0.05, 0.1) is 0 Å². The molecule has 2 N–H and O–H groups in total. The zero-order valence-electron chi connectivity index (χ0n) is 15.6. The highest BCUT2D eigenvalue weighted by molar-refractivity contribution is 5.92. The van der Waals surface area contributed by atoms with E-state index in [2.05, 4.69) is 10.6 Å². The van der Waals surface area contributed by atoms with E-state index in [4.69, 9.17) is 4.74 Å². The Labute approximate surface area is 160 Å². The van der Waals surface area contributed by atoms with Crippen molar-refractivity contribution >= 4 is 17.5 Å². The Hall–Kier alpha value is -2.82. The number of hydrogen-bond donors (Lipinski definition) is 2. The Balaban J connectivity index is 1.50. The molecular weight excluding hydrogens is 340 g/mol. The van der Waals surface area contributed by atoms with Gasteiger partial charge in [-0.05, 0) is 49.6 Å². The second-order valence-electron chi connectivity index (χ2n) is 6.96. The van der Waals surface area contributed by atoms with Crippen molar-refractivity contribution in [2.24, 2.45) is 5.92 Å². The molecule has 2 aromatic rings. The number of hydrogen-bond acceptors (Lipinski definition) is 3. The minimum Gasteiger partial charge on any atom is -0.481 e. The Morgan fingerprint density at radius 3 is 2.56 bits per heavy atom. The molecule has 0 saturated heterocycles. The van der Waals surface area contributed by atoms with Crippen LogP contribution in [0.1, 0.15) is 38.2 Å². The van der Waals surface area contributed by atoms with Crippen LogP contribution in [0.5, 0.6) is 5.75 Å². The van der Waals surface area contributed by atoms with Crippen molar-refractivity contribution in [2.75, 3.05) is 5.32 Å². The molecule has 2 aromatic carbocycles. The molecule has 0 aliphatic heterocycles. The van der Waals surface area contributed by atoms with E-state index >= 15 is 0 Å². The van der Waals surface area contributed by atoms with E-state index in [1.807, 2.05) is 54.6 Å². The summed E-state index contributed by atoms with van der Waals surface area (Å²) in [5, 5.41) is 5.87. The second-order valence-corrected chi connectivity index (χ2v) is 6.96. The first-order chi connectivity index (χ1) is 13.1. The van der Waals surface area contributed by atoms with Gasteiger partial charge in [-0.1, -0.05) is 43.2 Å². The van der Waals surface area contributed by atoms with Gasteiger partial charge in [-0.3, -0.25) is 9.59 Å². The van der Waals surface area contributed by atoms with Gasteiger partial charge < -0.3 is 15.4 Å². The van der Waals surface area contributed by atoms with E-state index < -0.39 is 6.10 Å². The van der Waals surface area contributed by atoms with Gasteiger partial charge >= 0.3 is 0 Å². The number of carbonyl (C=O) groups excluding carboxylic acids is 2. The summed E-state index contributed by atoms with van der Waals surface area (Å²) < 4.78 is 5.63. The molecule has 0 radical (unpaired) electrons. The molecular formula is C22H26N2O3. The third-order valence-corrected chi connectivity index (χ3v) is 4.81. The molecule has 1 aliphatic carbocycles. The van der Waals surface area contributed by atoms with Crippen LogP contribution < -0.4 is 15.4 Å². The first-order valence-corrected chi connectivity index (χ1v) is 9.51. The number of nitrogens with one attached hydrogen (secondary N) is 2. The first kappa shape index (κ1) is 19.0. The monoisotopic (exact) mass is 366 g/mol. The Morgan fingerprint density at radius 2 is 1.81 bits per heavy atom. The number of amides is 2. The van der Waals surface area contributed by atoms with Gasteiger partial charge in [-0.2, -0.15) is 0 Å². The quantitative estimate of drug-likeness (QED) is 0.781. The van der Waals surface area contributed by atoms with Gasteiger partial charge in [0.2, 0.25) is 5.91 Å². The lowest BCUT2D eigenvalue weighted by Crippen LogP contribution is -2.35. The van der Waals surface area contributed by atoms with E-state index in [0.29, 0.717) is 12.3 Å². The van der Waals surface area contributed by atoms with Gasteiger partial charge in [0.1, 0.15) is 5.75 Å². The average molecular weight is 366 g/mol. The fourth-order valence-electron chi connectivity index (χ4n) is 3.28. The summed E-state index contributed by atoms with van der Waals surface area (Å²) in [6.07, 6.45) is 3.63. The van der Waals surface area contributed by atoms with Gasteiger partial charge in [0, 0.05) is 18.2 Å². The summed E-state index contributed by atoms with van der Waals surface area (Å²) in [4.78, 5) is 24.5. The van der Waals surface area contributed by atoms with Crippen LogP contribution in [0.2, 0.25) is 0 Å². The van der Waals surface area contributed by atoms with Crippen molar-refractivity contribution < 1.29 is 14.3 Å². The summed E-state index contributed by atoms with van der Waals surface area (Å²) in [6.45, 7) is 2.11.